The standard InChI is InChI=1S/C56H42N4/c1-35-15-13-21-39(31-35)57(37-17-5-3-6-18-37)49-29-27-41-45-33-52-46(34-51(45)59-47-25-11-9-23-43(47)53(49)55(41)59)42-28-30-50(54-44-24-10-12-26-48(44)60(52)56(42)54)58(38-19-7-4-8-20-38)40-22-14-16-36(2)32-40/h3-8,13-34H,9-12H2,1-2H3. The highest BCUT2D eigenvalue weighted by atomic mass is 15.2. The largest absolute Gasteiger partial charge is 0.310 e. The average molecular weight is 771 g/mol. The molecule has 4 heterocycles. The van der Waals surface area contributed by atoms with Crippen LogP contribution >= 0.6 is 0 Å². The number of hydrogen-bond donors (Lipinski definition) is 0. The topological polar surface area (TPSA) is 15.3 Å². The highest BCUT2D eigenvalue weighted by Gasteiger charge is 2.27. The Bertz CT molecular complexity index is 3540. The molecule has 0 saturated carbocycles. The third-order valence-corrected chi connectivity index (χ3v) is 13.2. The Morgan fingerprint density at radius 1 is 0.383 bits per heavy atom. The Labute approximate surface area is 347 Å². The van der Waals surface area contributed by atoms with E-state index in [1.165, 1.54) is 109 Å². The van der Waals surface area contributed by atoms with Crippen LogP contribution in [0.25, 0.3) is 78.7 Å². The minimum atomic E-state index is 1.04. The van der Waals surface area contributed by atoms with E-state index in [0.717, 1.165) is 37.1 Å². The van der Waals surface area contributed by atoms with E-state index in [-0.39, 0.29) is 0 Å². The molecular formula is C56H42N4. The smallest absolute Gasteiger partial charge is 0.0641 e. The summed E-state index contributed by atoms with van der Waals surface area (Å²) in [6.45, 7) is 4.37. The van der Waals surface area contributed by atoms with Gasteiger partial charge in [-0.1, -0.05) is 97.1 Å². The molecule has 4 aromatic heterocycles. The summed E-state index contributed by atoms with van der Waals surface area (Å²) in [5, 5.41) is 13.2. The molecule has 11 aromatic rings. The number of fused-ring (bicyclic) bond motifs is 12. The molecule has 0 aliphatic heterocycles. The molecule has 0 amide bonds. The van der Waals surface area contributed by atoms with Crippen molar-refractivity contribution >= 4 is 113 Å². The second kappa shape index (κ2) is 12.6. The van der Waals surface area contributed by atoms with Gasteiger partial charge in [0, 0.05) is 76.2 Å². The Morgan fingerprint density at radius 2 is 0.800 bits per heavy atom. The van der Waals surface area contributed by atoms with E-state index < -0.39 is 0 Å². The summed E-state index contributed by atoms with van der Waals surface area (Å²) in [5.74, 6) is 0. The van der Waals surface area contributed by atoms with Crippen LogP contribution in [-0.2, 0) is 0 Å². The minimum Gasteiger partial charge on any atom is -0.310 e. The second-order valence-electron chi connectivity index (χ2n) is 16.9. The van der Waals surface area contributed by atoms with Crippen molar-refractivity contribution in [3.05, 3.63) is 178 Å². The number of aryl methyl sites for hydroxylation is 2. The van der Waals surface area contributed by atoms with Crippen molar-refractivity contribution in [2.45, 2.75) is 39.5 Å². The first-order valence-electron chi connectivity index (χ1n) is 21.4. The van der Waals surface area contributed by atoms with E-state index in [4.69, 9.17) is 0 Å². The molecule has 4 heteroatoms. The van der Waals surface area contributed by atoms with Gasteiger partial charge in [0.25, 0.3) is 0 Å². The zero-order valence-corrected chi connectivity index (χ0v) is 33.8. The quantitative estimate of drug-likeness (QED) is 0.167. The molecule has 2 aliphatic carbocycles. The lowest BCUT2D eigenvalue weighted by Crippen LogP contribution is -2.28. The molecule has 0 saturated heterocycles. The van der Waals surface area contributed by atoms with Gasteiger partial charge in [-0.15, -0.1) is 0 Å². The maximum absolute atomic E-state index is 2.59. The van der Waals surface area contributed by atoms with Crippen molar-refractivity contribution in [2.24, 2.45) is 0 Å². The van der Waals surface area contributed by atoms with Crippen LogP contribution in [0.1, 0.15) is 36.8 Å². The fraction of sp³-hybridized carbons (Fsp3) is 0.107. The number of nitrogens with zero attached hydrogens (tertiary/aromatic N) is 4. The summed E-state index contributed by atoms with van der Waals surface area (Å²) in [5.41, 5.74) is 14.8. The summed E-state index contributed by atoms with van der Waals surface area (Å²) in [4.78, 5) is 4.92. The Morgan fingerprint density at radius 3 is 1.23 bits per heavy atom. The normalized spacial score (nSPS) is 13.8. The molecule has 0 spiro atoms. The number of para-hydroxylation sites is 2. The molecule has 4 nitrogen and oxygen atoms in total. The fourth-order valence-corrected chi connectivity index (χ4v) is 10.8. The molecular weight excluding hydrogens is 729 g/mol. The molecule has 0 bridgehead atoms. The van der Waals surface area contributed by atoms with Gasteiger partial charge >= 0.3 is 0 Å². The first-order valence-corrected chi connectivity index (χ1v) is 21.4. The lowest BCUT2D eigenvalue weighted by molar-refractivity contribution is 1.08. The maximum Gasteiger partial charge on any atom is 0.0641 e. The van der Waals surface area contributed by atoms with Gasteiger partial charge in [-0.2, -0.15) is 0 Å². The molecule has 286 valence electrons. The van der Waals surface area contributed by atoms with Crippen LogP contribution in [0, 0.1) is 13.8 Å². The van der Waals surface area contributed by atoms with Gasteiger partial charge in [0.15, 0.2) is 0 Å². The Balaban J connectivity index is 1.13. The fourth-order valence-electron chi connectivity index (χ4n) is 10.8. The third-order valence-electron chi connectivity index (χ3n) is 13.2. The van der Waals surface area contributed by atoms with Crippen molar-refractivity contribution in [3.8, 4) is 0 Å². The number of hydrogen-bond acceptors (Lipinski definition) is 2. The van der Waals surface area contributed by atoms with Crippen molar-refractivity contribution in [2.75, 3.05) is 9.80 Å². The zero-order valence-electron chi connectivity index (χ0n) is 33.8. The summed E-state index contributed by atoms with van der Waals surface area (Å²) in [6, 6.07) is 54.1. The minimum absolute atomic E-state index is 1.04. The zero-order chi connectivity index (χ0) is 39.6. The summed E-state index contributed by atoms with van der Waals surface area (Å²) in [6.07, 6.45) is 14.1. The highest BCUT2D eigenvalue weighted by molar-refractivity contribution is 6.25. The van der Waals surface area contributed by atoms with Gasteiger partial charge in [0.05, 0.1) is 33.4 Å². The predicted molar refractivity (Wildman–Crippen MR) is 254 cm³/mol. The van der Waals surface area contributed by atoms with Gasteiger partial charge in [-0.3, -0.25) is 0 Å². The Hall–Kier alpha value is -7.30. The van der Waals surface area contributed by atoms with E-state index in [1.807, 2.05) is 0 Å². The van der Waals surface area contributed by atoms with Crippen LogP contribution in [0.15, 0.2) is 146 Å². The SMILES string of the molecule is Cc1cccc(N(c2ccccc2)c2ccc3c4cc5c(cc4n4c6c(c2c34)=CCCC=6)c2ccc(N(c3ccccc3)c3cccc(C)c3)c3c4c(n5c32)=CCCC=4)c1. The highest BCUT2D eigenvalue weighted by Crippen LogP contribution is 2.45. The van der Waals surface area contributed by atoms with E-state index in [2.05, 4.69) is 202 Å². The van der Waals surface area contributed by atoms with Gasteiger partial charge < -0.3 is 18.6 Å². The lowest BCUT2D eigenvalue weighted by Gasteiger charge is -2.26. The van der Waals surface area contributed by atoms with Crippen LogP contribution < -0.4 is 30.9 Å². The Kier molecular flexibility index (Phi) is 7.07. The van der Waals surface area contributed by atoms with Gasteiger partial charge in [-0.25, -0.2) is 0 Å². The lowest BCUT2D eigenvalue weighted by atomic mass is 10.0. The van der Waals surface area contributed by atoms with Crippen LogP contribution in [0.5, 0.6) is 0 Å². The molecule has 0 atom stereocenters. The van der Waals surface area contributed by atoms with Gasteiger partial charge in [0.1, 0.15) is 0 Å². The first-order chi connectivity index (χ1) is 29.6. The first kappa shape index (κ1) is 33.6. The predicted octanol–water partition coefficient (Wildman–Crippen LogP) is 11.9. The van der Waals surface area contributed by atoms with Crippen molar-refractivity contribution < 1.29 is 0 Å². The van der Waals surface area contributed by atoms with Gasteiger partial charge in [-0.05, 0) is 123 Å². The van der Waals surface area contributed by atoms with Gasteiger partial charge in [0.2, 0.25) is 0 Å². The summed E-state index contributed by atoms with van der Waals surface area (Å²) < 4.78 is 5.19. The number of rotatable bonds is 6. The second-order valence-corrected chi connectivity index (χ2v) is 16.9. The molecule has 0 N–H and O–H groups in total. The summed E-state index contributed by atoms with van der Waals surface area (Å²) in [7, 11) is 0. The molecule has 0 radical (unpaired) electrons. The van der Waals surface area contributed by atoms with Crippen molar-refractivity contribution in [1.29, 1.82) is 0 Å². The average Bonchev–Trinajstić information content (AvgIpc) is 4.01. The van der Waals surface area contributed by atoms with E-state index in [9.17, 15) is 0 Å². The number of anilines is 6. The molecule has 0 fully saturated rings. The van der Waals surface area contributed by atoms with Crippen LogP contribution in [-0.4, -0.2) is 8.80 Å². The van der Waals surface area contributed by atoms with E-state index in [1.54, 1.807) is 0 Å². The molecule has 7 aromatic carbocycles. The van der Waals surface area contributed by atoms with Crippen molar-refractivity contribution in [3.63, 3.8) is 0 Å². The van der Waals surface area contributed by atoms with Crippen molar-refractivity contribution in [1.82, 2.24) is 8.80 Å². The van der Waals surface area contributed by atoms with Crippen LogP contribution in [0.2, 0.25) is 0 Å². The van der Waals surface area contributed by atoms with Crippen LogP contribution in [0.4, 0.5) is 34.1 Å². The molecule has 0 unspecified atom stereocenters. The molecule has 2 aliphatic rings. The monoisotopic (exact) mass is 770 g/mol. The summed E-state index contributed by atoms with van der Waals surface area (Å²) >= 11 is 0. The van der Waals surface area contributed by atoms with E-state index >= 15 is 0 Å². The number of benzene rings is 7. The molecule has 60 heavy (non-hydrogen) atoms. The molecule has 13 rings (SSSR count). The van der Waals surface area contributed by atoms with Crippen LogP contribution in [0.3, 0.4) is 0 Å². The maximum atomic E-state index is 2.59. The third kappa shape index (κ3) is 4.62. The number of aromatic nitrogens is 2. The van der Waals surface area contributed by atoms with E-state index in [0.29, 0.717) is 0 Å².